The highest BCUT2D eigenvalue weighted by Crippen LogP contribution is 2.21. The van der Waals surface area contributed by atoms with Crippen molar-refractivity contribution in [3.05, 3.63) is 35.7 Å². The number of hydrogen-bond donors (Lipinski definition) is 1. The molecule has 0 radical (unpaired) electrons. The summed E-state index contributed by atoms with van der Waals surface area (Å²) in [4.78, 5) is 2.71. The van der Waals surface area contributed by atoms with Gasteiger partial charge < -0.3 is 5.32 Å². The zero-order valence-electron chi connectivity index (χ0n) is 9.92. The number of benzene rings is 1. The fourth-order valence-electron chi connectivity index (χ4n) is 1.48. The molecule has 0 aliphatic carbocycles. The van der Waals surface area contributed by atoms with Crippen molar-refractivity contribution in [2.45, 2.75) is 17.2 Å². The first kappa shape index (κ1) is 12.1. The van der Waals surface area contributed by atoms with Gasteiger partial charge >= 0.3 is 0 Å². The molecule has 2 aromatic rings. The van der Waals surface area contributed by atoms with Crippen LogP contribution in [0.25, 0.3) is 0 Å². The van der Waals surface area contributed by atoms with E-state index in [0.29, 0.717) is 0 Å². The minimum atomic E-state index is 0.747. The predicted octanol–water partition coefficient (Wildman–Crippen LogP) is 1.22. The molecular weight excluding hydrogens is 234 g/mol. The standard InChI is InChI=1S/C11H15N5S/c1-12-7-9-4-3-5-10(6-9)17-8-11-13-15-16(2)14-11/h3-6,12H,7-8H2,1-2H3. The van der Waals surface area contributed by atoms with Gasteiger partial charge in [0.25, 0.3) is 0 Å². The molecule has 1 N–H and O–H groups in total. The molecule has 0 saturated heterocycles. The van der Waals surface area contributed by atoms with Crippen molar-refractivity contribution >= 4 is 11.8 Å². The Morgan fingerprint density at radius 1 is 1.41 bits per heavy atom. The Hall–Kier alpha value is -1.40. The first-order chi connectivity index (χ1) is 8.28. The van der Waals surface area contributed by atoms with E-state index in [2.05, 4.69) is 45.0 Å². The fraction of sp³-hybridized carbons (Fsp3) is 0.364. The van der Waals surface area contributed by atoms with Gasteiger partial charge in [-0.2, -0.15) is 4.80 Å². The molecule has 0 aliphatic rings. The lowest BCUT2D eigenvalue weighted by Gasteiger charge is -2.03. The number of tetrazole rings is 1. The van der Waals surface area contributed by atoms with Crippen LogP contribution in [-0.2, 0) is 19.3 Å². The molecule has 6 heteroatoms. The summed E-state index contributed by atoms with van der Waals surface area (Å²) in [5.41, 5.74) is 1.28. The Morgan fingerprint density at radius 2 is 2.29 bits per heavy atom. The van der Waals surface area contributed by atoms with Gasteiger partial charge in [-0.25, -0.2) is 0 Å². The summed E-state index contributed by atoms with van der Waals surface area (Å²) < 4.78 is 0. The first-order valence-electron chi connectivity index (χ1n) is 5.37. The minimum Gasteiger partial charge on any atom is -0.316 e. The van der Waals surface area contributed by atoms with Gasteiger partial charge in [0.2, 0.25) is 0 Å². The number of rotatable bonds is 5. The van der Waals surface area contributed by atoms with Gasteiger partial charge in [0.1, 0.15) is 0 Å². The number of nitrogens with one attached hydrogen (secondary N) is 1. The SMILES string of the molecule is CNCc1cccc(SCc2nnn(C)n2)c1. The zero-order chi connectivity index (χ0) is 12.1. The highest BCUT2D eigenvalue weighted by atomic mass is 32.2. The molecular formula is C11H15N5S. The van der Waals surface area contributed by atoms with Crippen LogP contribution in [0.4, 0.5) is 0 Å². The monoisotopic (exact) mass is 249 g/mol. The van der Waals surface area contributed by atoms with E-state index < -0.39 is 0 Å². The van der Waals surface area contributed by atoms with E-state index in [1.54, 1.807) is 18.8 Å². The van der Waals surface area contributed by atoms with Crippen LogP contribution in [0, 0.1) is 0 Å². The third-order valence-electron chi connectivity index (χ3n) is 2.20. The Bertz CT molecular complexity index is 482. The van der Waals surface area contributed by atoms with Crippen LogP contribution in [0.2, 0.25) is 0 Å². The molecule has 1 aromatic heterocycles. The third-order valence-corrected chi connectivity index (χ3v) is 3.19. The first-order valence-corrected chi connectivity index (χ1v) is 6.35. The molecule has 0 atom stereocenters. The zero-order valence-corrected chi connectivity index (χ0v) is 10.7. The molecule has 0 saturated carbocycles. The average Bonchev–Trinajstić information content (AvgIpc) is 2.74. The lowest BCUT2D eigenvalue weighted by Crippen LogP contribution is -2.04. The smallest absolute Gasteiger partial charge is 0.184 e. The number of aromatic nitrogens is 4. The topological polar surface area (TPSA) is 55.6 Å². The number of aryl methyl sites for hydroxylation is 1. The van der Waals surface area contributed by atoms with Crippen molar-refractivity contribution in [2.24, 2.45) is 7.05 Å². The van der Waals surface area contributed by atoms with E-state index in [-0.39, 0.29) is 0 Å². The maximum atomic E-state index is 4.15. The summed E-state index contributed by atoms with van der Waals surface area (Å²) in [5, 5.41) is 15.1. The molecule has 5 nitrogen and oxygen atoms in total. The molecule has 17 heavy (non-hydrogen) atoms. The van der Waals surface area contributed by atoms with Crippen molar-refractivity contribution in [2.75, 3.05) is 7.05 Å². The summed E-state index contributed by atoms with van der Waals surface area (Å²) >= 11 is 1.72. The number of hydrogen-bond acceptors (Lipinski definition) is 5. The molecule has 1 heterocycles. The molecule has 2 rings (SSSR count). The normalized spacial score (nSPS) is 10.7. The van der Waals surface area contributed by atoms with Crippen LogP contribution < -0.4 is 5.32 Å². The second-order valence-corrected chi connectivity index (χ2v) is 4.71. The van der Waals surface area contributed by atoms with Crippen molar-refractivity contribution in [1.29, 1.82) is 0 Å². The maximum Gasteiger partial charge on any atom is 0.184 e. The quantitative estimate of drug-likeness (QED) is 0.808. The van der Waals surface area contributed by atoms with Gasteiger partial charge in [-0.1, -0.05) is 12.1 Å². The molecule has 90 valence electrons. The van der Waals surface area contributed by atoms with Gasteiger partial charge in [0.15, 0.2) is 5.82 Å². The van der Waals surface area contributed by atoms with Crippen LogP contribution in [-0.4, -0.2) is 27.3 Å². The van der Waals surface area contributed by atoms with Crippen LogP contribution in [0.1, 0.15) is 11.4 Å². The van der Waals surface area contributed by atoms with E-state index in [1.165, 1.54) is 15.3 Å². The van der Waals surface area contributed by atoms with Gasteiger partial charge in [-0.05, 0) is 30.0 Å². The second kappa shape index (κ2) is 5.79. The number of thioether (sulfide) groups is 1. The van der Waals surface area contributed by atoms with E-state index in [1.807, 2.05) is 7.05 Å². The molecule has 0 amide bonds. The molecule has 0 bridgehead atoms. The van der Waals surface area contributed by atoms with E-state index in [4.69, 9.17) is 0 Å². The van der Waals surface area contributed by atoms with Gasteiger partial charge in [0.05, 0.1) is 12.8 Å². The van der Waals surface area contributed by atoms with Crippen molar-refractivity contribution in [3.8, 4) is 0 Å². The molecule has 0 spiro atoms. The largest absolute Gasteiger partial charge is 0.316 e. The van der Waals surface area contributed by atoms with Crippen LogP contribution in [0.5, 0.6) is 0 Å². The fourth-order valence-corrected chi connectivity index (χ4v) is 2.30. The van der Waals surface area contributed by atoms with Gasteiger partial charge in [0, 0.05) is 11.4 Å². The Kier molecular flexibility index (Phi) is 4.11. The third kappa shape index (κ3) is 3.54. The molecule has 1 aromatic carbocycles. The van der Waals surface area contributed by atoms with Crippen molar-refractivity contribution < 1.29 is 0 Å². The van der Waals surface area contributed by atoms with Crippen molar-refractivity contribution in [1.82, 2.24) is 25.5 Å². The summed E-state index contributed by atoms with van der Waals surface area (Å²) in [6.07, 6.45) is 0. The lowest BCUT2D eigenvalue weighted by molar-refractivity contribution is 0.628. The molecule has 0 aliphatic heterocycles. The molecule has 0 unspecified atom stereocenters. The highest BCUT2D eigenvalue weighted by molar-refractivity contribution is 7.98. The minimum absolute atomic E-state index is 0.747. The molecule has 0 fully saturated rings. The second-order valence-electron chi connectivity index (χ2n) is 3.66. The summed E-state index contributed by atoms with van der Waals surface area (Å²) in [6.45, 7) is 0.887. The summed E-state index contributed by atoms with van der Waals surface area (Å²) in [7, 11) is 3.72. The summed E-state index contributed by atoms with van der Waals surface area (Å²) in [5.74, 6) is 1.51. The maximum absolute atomic E-state index is 4.15. The number of nitrogens with zero attached hydrogens (tertiary/aromatic N) is 4. The van der Waals surface area contributed by atoms with E-state index in [9.17, 15) is 0 Å². The van der Waals surface area contributed by atoms with Gasteiger partial charge in [-0.15, -0.1) is 22.0 Å². The van der Waals surface area contributed by atoms with Crippen LogP contribution in [0.3, 0.4) is 0 Å². The average molecular weight is 249 g/mol. The van der Waals surface area contributed by atoms with E-state index in [0.717, 1.165) is 18.1 Å². The van der Waals surface area contributed by atoms with Crippen molar-refractivity contribution in [3.63, 3.8) is 0 Å². The Morgan fingerprint density at radius 3 is 3.00 bits per heavy atom. The Balaban J connectivity index is 1.96. The van der Waals surface area contributed by atoms with Crippen LogP contribution in [0.15, 0.2) is 29.2 Å². The predicted molar refractivity (Wildman–Crippen MR) is 67.6 cm³/mol. The lowest BCUT2D eigenvalue weighted by atomic mass is 10.2. The van der Waals surface area contributed by atoms with Gasteiger partial charge in [-0.3, -0.25) is 0 Å². The Labute approximate surface area is 105 Å². The highest BCUT2D eigenvalue weighted by Gasteiger charge is 2.02. The summed E-state index contributed by atoms with van der Waals surface area (Å²) in [6, 6.07) is 8.46. The van der Waals surface area contributed by atoms with E-state index >= 15 is 0 Å². The van der Waals surface area contributed by atoms with Crippen LogP contribution >= 0.6 is 11.8 Å².